The van der Waals surface area contributed by atoms with Gasteiger partial charge in [0.2, 0.25) is 21.8 Å². The molecule has 34 heavy (non-hydrogen) atoms. The Morgan fingerprint density at radius 1 is 1.15 bits per heavy atom. The zero-order valence-electron chi connectivity index (χ0n) is 20.1. The molecule has 2 amide bonds. The van der Waals surface area contributed by atoms with Crippen LogP contribution in [0.3, 0.4) is 0 Å². The first kappa shape index (κ1) is 26.4. The van der Waals surface area contributed by atoms with Gasteiger partial charge in [0.25, 0.3) is 0 Å². The van der Waals surface area contributed by atoms with Gasteiger partial charge in [0, 0.05) is 19.2 Å². The molecule has 1 aromatic rings. The van der Waals surface area contributed by atoms with Crippen molar-refractivity contribution in [1.29, 1.82) is 0 Å². The first-order valence-electron chi connectivity index (χ1n) is 12.2. The topological polar surface area (TPSA) is 114 Å². The van der Waals surface area contributed by atoms with E-state index in [4.69, 9.17) is 9.47 Å². The lowest BCUT2D eigenvalue weighted by molar-refractivity contribution is -0.142. The van der Waals surface area contributed by atoms with Crippen molar-refractivity contribution in [1.82, 2.24) is 14.9 Å². The summed E-state index contributed by atoms with van der Waals surface area (Å²) in [6.45, 7) is 2.43. The number of carbonyl (C=O) groups excluding carboxylic acids is 2. The fourth-order valence-corrected chi connectivity index (χ4v) is 5.55. The van der Waals surface area contributed by atoms with E-state index in [9.17, 15) is 18.0 Å². The fourth-order valence-electron chi connectivity index (χ4n) is 4.58. The smallest absolute Gasteiger partial charge is 0.243 e. The number of hydrogen-bond donors (Lipinski definition) is 2. The van der Waals surface area contributed by atoms with Gasteiger partial charge in [0.1, 0.15) is 11.8 Å². The van der Waals surface area contributed by atoms with Crippen LogP contribution in [0.15, 0.2) is 29.2 Å². The van der Waals surface area contributed by atoms with Gasteiger partial charge in [-0.3, -0.25) is 9.59 Å². The molecule has 2 aliphatic rings. The van der Waals surface area contributed by atoms with Gasteiger partial charge in [0.15, 0.2) is 0 Å². The fraction of sp³-hybridized carbons (Fsp3) is 0.667. The number of ether oxygens (including phenoxy) is 2. The summed E-state index contributed by atoms with van der Waals surface area (Å²) >= 11 is 0. The first-order valence-corrected chi connectivity index (χ1v) is 13.7. The van der Waals surface area contributed by atoms with Gasteiger partial charge >= 0.3 is 0 Å². The third-order valence-corrected chi connectivity index (χ3v) is 7.89. The molecule has 0 bridgehead atoms. The van der Waals surface area contributed by atoms with Gasteiger partial charge in [0.05, 0.1) is 24.7 Å². The van der Waals surface area contributed by atoms with E-state index in [1.54, 1.807) is 12.1 Å². The van der Waals surface area contributed by atoms with Crippen LogP contribution in [0, 0.1) is 0 Å². The Morgan fingerprint density at radius 3 is 2.44 bits per heavy atom. The molecule has 2 N–H and O–H groups in total. The number of benzene rings is 1. The summed E-state index contributed by atoms with van der Waals surface area (Å²) in [5.74, 6) is -0.0702. The van der Waals surface area contributed by atoms with Crippen LogP contribution in [0.4, 0.5) is 0 Å². The highest BCUT2D eigenvalue weighted by Crippen LogP contribution is 2.21. The average Bonchev–Trinajstić information content (AvgIpc) is 3.54. The minimum Gasteiger partial charge on any atom is -0.497 e. The van der Waals surface area contributed by atoms with Crippen LogP contribution in [0.2, 0.25) is 0 Å². The number of carbonyl (C=O) groups is 2. The lowest BCUT2D eigenvalue weighted by Crippen LogP contribution is -2.55. The number of sulfonamides is 1. The van der Waals surface area contributed by atoms with Crippen molar-refractivity contribution >= 4 is 21.8 Å². The third-order valence-electron chi connectivity index (χ3n) is 6.47. The molecular weight excluding hydrogens is 458 g/mol. The van der Waals surface area contributed by atoms with Gasteiger partial charge in [-0.2, -0.15) is 0 Å². The summed E-state index contributed by atoms with van der Waals surface area (Å²) in [6.07, 6.45) is 6.87. The Labute approximate surface area is 202 Å². The summed E-state index contributed by atoms with van der Waals surface area (Å²) in [5, 5.41) is 3.11. The quantitative estimate of drug-likeness (QED) is 0.460. The Bertz CT molecular complexity index is 909. The van der Waals surface area contributed by atoms with Gasteiger partial charge in [-0.1, -0.05) is 26.2 Å². The van der Waals surface area contributed by atoms with Crippen LogP contribution < -0.4 is 14.8 Å². The zero-order chi connectivity index (χ0) is 24.6. The van der Waals surface area contributed by atoms with Crippen molar-refractivity contribution in [3.05, 3.63) is 24.3 Å². The van der Waals surface area contributed by atoms with Crippen molar-refractivity contribution in [3.8, 4) is 5.75 Å². The SMILES string of the molecule is CCC[C@H](C(=O)NC1CCCC1)N(C[C@@H]1CCCO1)C(=O)CNS(=O)(=O)c1ccc(OC)cc1. The van der Waals surface area contributed by atoms with Gasteiger partial charge < -0.3 is 19.7 Å². The highest BCUT2D eigenvalue weighted by Gasteiger charge is 2.34. The van der Waals surface area contributed by atoms with E-state index in [0.29, 0.717) is 18.8 Å². The summed E-state index contributed by atoms with van der Waals surface area (Å²) in [7, 11) is -2.40. The number of nitrogens with one attached hydrogen (secondary N) is 2. The molecule has 1 heterocycles. The molecule has 1 saturated heterocycles. The van der Waals surface area contributed by atoms with Crippen LogP contribution in [0.25, 0.3) is 0 Å². The maximum atomic E-state index is 13.3. The molecule has 1 saturated carbocycles. The zero-order valence-corrected chi connectivity index (χ0v) is 20.9. The molecule has 10 heteroatoms. The van der Waals surface area contributed by atoms with Crippen molar-refractivity contribution in [3.63, 3.8) is 0 Å². The summed E-state index contributed by atoms with van der Waals surface area (Å²) in [6, 6.07) is 5.42. The van der Waals surface area contributed by atoms with Gasteiger partial charge in [-0.05, 0) is 56.4 Å². The van der Waals surface area contributed by atoms with E-state index >= 15 is 0 Å². The average molecular weight is 496 g/mol. The Morgan fingerprint density at radius 2 is 1.85 bits per heavy atom. The predicted octanol–water partition coefficient (Wildman–Crippen LogP) is 2.21. The molecule has 0 radical (unpaired) electrons. The van der Waals surface area contributed by atoms with Crippen LogP contribution in [0.5, 0.6) is 5.75 Å². The second-order valence-corrected chi connectivity index (χ2v) is 10.7. The van der Waals surface area contributed by atoms with E-state index in [-0.39, 0.29) is 29.5 Å². The molecule has 190 valence electrons. The highest BCUT2D eigenvalue weighted by atomic mass is 32.2. The largest absolute Gasteiger partial charge is 0.497 e. The lowest BCUT2D eigenvalue weighted by Gasteiger charge is -2.33. The molecule has 0 spiro atoms. The standard InChI is InChI=1S/C24H37N3O6S/c1-3-7-22(24(29)26-18-8-4-5-9-18)27(17-20-10-6-15-33-20)23(28)16-25-34(30,31)21-13-11-19(32-2)12-14-21/h11-14,18,20,22,25H,3-10,15-17H2,1-2H3,(H,26,29)/t20-,22+/m0/s1. The van der Waals surface area contributed by atoms with E-state index in [1.807, 2.05) is 6.92 Å². The van der Waals surface area contributed by atoms with Crippen molar-refractivity contribution in [2.45, 2.75) is 81.4 Å². The second kappa shape index (κ2) is 12.5. The second-order valence-electron chi connectivity index (χ2n) is 8.98. The van der Waals surface area contributed by atoms with Crippen LogP contribution >= 0.6 is 0 Å². The van der Waals surface area contributed by atoms with E-state index < -0.39 is 28.5 Å². The van der Waals surface area contributed by atoms with Crippen LogP contribution in [-0.4, -0.2) is 70.1 Å². The number of rotatable bonds is 12. The highest BCUT2D eigenvalue weighted by molar-refractivity contribution is 7.89. The van der Waals surface area contributed by atoms with E-state index in [2.05, 4.69) is 10.0 Å². The molecule has 9 nitrogen and oxygen atoms in total. The minimum absolute atomic E-state index is 0.0378. The van der Waals surface area contributed by atoms with Crippen molar-refractivity contribution < 1.29 is 27.5 Å². The van der Waals surface area contributed by atoms with E-state index in [0.717, 1.165) is 44.9 Å². The molecule has 1 aromatic carbocycles. The maximum absolute atomic E-state index is 13.3. The van der Waals surface area contributed by atoms with Gasteiger partial charge in [-0.25, -0.2) is 13.1 Å². The maximum Gasteiger partial charge on any atom is 0.243 e. The number of methoxy groups -OCH3 is 1. The Hall–Kier alpha value is -2.17. The number of amides is 2. The lowest BCUT2D eigenvalue weighted by atomic mass is 10.1. The molecular formula is C24H37N3O6S. The first-order chi connectivity index (χ1) is 16.3. The molecule has 3 rings (SSSR count). The normalized spacial score (nSPS) is 19.6. The number of hydrogen-bond acceptors (Lipinski definition) is 6. The molecule has 1 aliphatic heterocycles. The number of nitrogens with zero attached hydrogens (tertiary/aromatic N) is 1. The van der Waals surface area contributed by atoms with Crippen molar-refractivity contribution in [2.75, 3.05) is 26.8 Å². The molecule has 1 aliphatic carbocycles. The van der Waals surface area contributed by atoms with Gasteiger partial charge in [-0.15, -0.1) is 0 Å². The van der Waals surface area contributed by atoms with Crippen molar-refractivity contribution in [2.24, 2.45) is 0 Å². The molecule has 0 unspecified atom stereocenters. The molecule has 2 atom stereocenters. The summed E-state index contributed by atoms with van der Waals surface area (Å²) < 4.78 is 38.7. The van der Waals surface area contributed by atoms with E-state index in [1.165, 1.54) is 24.1 Å². The van der Waals surface area contributed by atoms with Crippen LogP contribution in [-0.2, 0) is 24.3 Å². The minimum atomic E-state index is -3.90. The predicted molar refractivity (Wildman–Crippen MR) is 128 cm³/mol. The Balaban J connectivity index is 1.72. The Kier molecular flexibility index (Phi) is 9.73. The summed E-state index contributed by atoms with van der Waals surface area (Å²) in [4.78, 5) is 28.1. The third kappa shape index (κ3) is 7.16. The molecule has 0 aromatic heterocycles. The van der Waals surface area contributed by atoms with Crippen LogP contribution in [0.1, 0.15) is 58.3 Å². The summed E-state index contributed by atoms with van der Waals surface area (Å²) in [5.41, 5.74) is 0. The molecule has 2 fully saturated rings. The monoisotopic (exact) mass is 495 g/mol.